The van der Waals surface area contributed by atoms with Crippen molar-refractivity contribution in [3.63, 3.8) is 0 Å². The van der Waals surface area contributed by atoms with E-state index in [-0.39, 0.29) is 11.0 Å². The van der Waals surface area contributed by atoms with E-state index in [4.69, 9.17) is 0 Å². The van der Waals surface area contributed by atoms with Gasteiger partial charge >= 0.3 is 0 Å². The molecule has 0 aromatic carbocycles. The molecule has 0 aliphatic heterocycles. The highest BCUT2D eigenvalue weighted by molar-refractivity contribution is 5.11. The Morgan fingerprint density at radius 2 is 2.08 bits per heavy atom. The molecule has 12 heavy (non-hydrogen) atoms. The van der Waals surface area contributed by atoms with Crippen LogP contribution in [0.3, 0.4) is 0 Å². The van der Waals surface area contributed by atoms with Crippen molar-refractivity contribution >= 4 is 0 Å². The largest absolute Gasteiger partial charge is 0.289 e. The number of hydrogen-bond donors (Lipinski definition) is 1. The Bertz CT molecular complexity index is 314. The van der Waals surface area contributed by atoms with Gasteiger partial charge in [-0.15, -0.1) is 0 Å². The van der Waals surface area contributed by atoms with Crippen LogP contribution in [0.25, 0.3) is 0 Å². The number of rotatable bonds is 1. The normalized spacial score (nSPS) is 12.0. The average Bonchev–Trinajstić information content (AvgIpc) is 2.29. The zero-order valence-corrected chi connectivity index (χ0v) is 8.14. The van der Waals surface area contributed by atoms with E-state index in [2.05, 4.69) is 25.9 Å². The van der Waals surface area contributed by atoms with E-state index < -0.39 is 0 Å². The maximum Gasteiger partial charge on any atom is 0.264 e. The molecule has 0 amide bonds. The zero-order chi connectivity index (χ0) is 9.35. The van der Waals surface area contributed by atoms with Gasteiger partial charge in [0.05, 0.1) is 0 Å². The van der Waals surface area contributed by atoms with Gasteiger partial charge in [0.15, 0.2) is 0 Å². The van der Waals surface area contributed by atoms with Gasteiger partial charge in [-0.3, -0.25) is 14.6 Å². The maximum absolute atomic E-state index is 11.0. The molecule has 0 aliphatic rings. The van der Waals surface area contributed by atoms with Crippen LogP contribution < -0.4 is 5.56 Å². The predicted octanol–water partition coefficient (Wildman–Crippen LogP) is 1.49. The van der Waals surface area contributed by atoms with E-state index in [1.54, 1.807) is 6.07 Å². The molecular weight excluding hydrogens is 152 g/mol. The minimum absolute atomic E-state index is 0.0122. The van der Waals surface area contributed by atoms with Crippen LogP contribution in [-0.2, 0) is 12.0 Å². The molecule has 0 atom stereocenters. The Morgan fingerprint density at radius 3 is 2.42 bits per heavy atom. The van der Waals surface area contributed by atoms with E-state index in [1.165, 1.54) is 0 Å². The molecule has 3 nitrogen and oxygen atoms in total. The van der Waals surface area contributed by atoms with Gasteiger partial charge in [-0.2, -0.15) is 0 Å². The Hall–Kier alpha value is -0.990. The molecule has 0 radical (unpaired) electrons. The van der Waals surface area contributed by atoms with Gasteiger partial charge in [0.25, 0.3) is 5.56 Å². The highest BCUT2D eigenvalue weighted by Crippen LogP contribution is 2.19. The Kier molecular flexibility index (Phi) is 2.13. The van der Waals surface area contributed by atoms with Gasteiger partial charge in [-0.05, 0) is 6.92 Å². The van der Waals surface area contributed by atoms with Crippen molar-refractivity contribution in [2.45, 2.75) is 39.7 Å². The fraction of sp³-hybridized carbons (Fsp3) is 0.667. The Morgan fingerprint density at radius 1 is 1.50 bits per heavy atom. The van der Waals surface area contributed by atoms with Crippen LogP contribution in [0.15, 0.2) is 10.9 Å². The van der Waals surface area contributed by atoms with E-state index in [1.807, 2.05) is 11.6 Å². The fourth-order valence-electron chi connectivity index (χ4n) is 1.30. The van der Waals surface area contributed by atoms with Crippen LogP contribution in [0, 0.1) is 0 Å². The zero-order valence-electron chi connectivity index (χ0n) is 8.14. The van der Waals surface area contributed by atoms with Crippen molar-refractivity contribution in [2.24, 2.45) is 0 Å². The summed E-state index contributed by atoms with van der Waals surface area (Å²) in [5, 5.41) is 2.76. The standard InChI is InChI=1S/C9H16N2O/c1-5-11-7(9(2,3)4)6-8(12)10-11/h6H,5H2,1-4H3,(H,10,12). The SMILES string of the molecule is CCn1[nH]c(=O)cc1C(C)(C)C. The molecule has 3 heteroatoms. The molecule has 0 fully saturated rings. The fourth-order valence-corrected chi connectivity index (χ4v) is 1.30. The lowest BCUT2D eigenvalue weighted by Gasteiger charge is -2.19. The van der Waals surface area contributed by atoms with Crippen molar-refractivity contribution in [1.82, 2.24) is 9.78 Å². The van der Waals surface area contributed by atoms with E-state index in [9.17, 15) is 4.79 Å². The molecule has 0 saturated carbocycles. The third-order valence-electron chi connectivity index (χ3n) is 1.89. The lowest BCUT2D eigenvalue weighted by Crippen LogP contribution is -2.17. The van der Waals surface area contributed by atoms with Crippen LogP contribution in [0.1, 0.15) is 33.4 Å². The lowest BCUT2D eigenvalue weighted by molar-refractivity contribution is 0.497. The summed E-state index contributed by atoms with van der Waals surface area (Å²) in [5.74, 6) is 0. The molecular formula is C9H16N2O. The number of nitrogens with one attached hydrogen (secondary N) is 1. The van der Waals surface area contributed by atoms with Gasteiger partial charge < -0.3 is 0 Å². The van der Waals surface area contributed by atoms with Crippen LogP contribution in [-0.4, -0.2) is 9.78 Å². The summed E-state index contributed by atoms with van der Waals surface area (Å²) in [6.07, 6.45) is 0. The molecule has 0 saturated heterocycles. The maximum atomic E-state index is 11.0. The van der Waals surface area contributed by atoms with E-state index >= 15 is 0 Å². The van der Waals surface area contributed by atoms with Gasteiger partial charge in [-0.1, -0.05) is 20.8 Å². The first-order valence-electron chi connectivity index (χ1n) is 4.25. The number of hydrogen-bond acceptors (Lipinski definition) is 1. The van der Waals surface area contributed by atoms with Crippen LogP contribution in [0.2, 0.25) is 0 Å². The van der Waals surface area contributed by atoms with Gasteiger partial charge in [0.1, 0.15) is 0 Å². The molecule has 1 aromatic rings. The number of nitrogens with zero attached hydrogens (tertiary/aromatic N) is 1. The first-order chi connectivity index (χ1) is 5.45. The van der Waals surface area contributed by atoms with Crippen LogP contribution >= 0.6 is 0 Å². The number of aromatic amines is 1. The second kappa shape index (κ2) is 2.81. The molecule has 0 unspecified atom stereocenters. The third kappa shape index (κ3) is 1.60. The first kappa shape index (κ1) is 9.10. The number of aryl methyl sites for hydroxylation is 1. The van der Waals surface area contributed by atoms with E-state index in [0.29, 0.717) is 0 Å². The highest BCUT2D eigenvalue weighted by Gasteiger charge is 2.18. The summed E-state index contributed by atoms with van der Waals surface area (Å²) in [6, 6.07) is 1.67. The monoisotopic (exact) mass is 168 g/mol. The van der Waals surface area contributed by atoms with Crippen molar-refractivity contribution in [2.75, 3.05) is 0 Å². The molecule has 1 rings (SSSR count). The summed E-state index contributed by atoms with van der Waals surface area (Å²) in [7, 11) is 0. The van der Waals surface area contributed by atoms with Crippen molar-refractivity contribution in [1.29, 1.82) is 0 Å². The molecule has 0 spiro atoms. The van der Waals surface area contributed by atoms with Gasteiger partial charge in [0.2, 0.25) is 0 Å². The first-order valence-corrected chi connectivity index (χ1v) is 4.25. The van der Waals surface area contributed by atoms with Crippen molar-refractivity contribution in [3.05, 3.63) is 22.1 Å². The molecule has 1 heterocycles. The van der Waals surface area contributed by atoms with Gasteiger partial charge in [-0.25, -0.2) is 0 Å². The quantitative estimate of drug-likeness (QED) is 0.678. The van der Waals surface area contributed by atoms with Gasteiger partial charge in [0, 0.05) is 23.7 Å². The van der Waals surface area contributed by atoms with E-state index in [0.717, 1.165) is 12.2 Å². The number of H-pyrrole nitrogens is 1. The molecule has 1 aromatic heterocycles. The Balaban J connectivity index is 3.23. The predicted molar refractivity (Wildman–Crippen MR) is 49.4 cm³/mol. The Labute approximate surface area is 72.4 Å². The number of aromatic nitrogens is 2. The highest BCUT2D eigenvalue weighted by atomic mass is 16.1. The topological polar surface area (TPSA) is 37.8 Å². The molecule has 68 valence electrons. The summed E-state index contributed by atoms with van der Waals surface area (Å²) in [4.78, 5) is 11.0. The second-order valence-corrected chi connectivity index (χ2v) is 4.00. The minimum Gasteiger partial charge on any atom is -0.289 e. The summed E-state index contributed by atoms with van der Waals surface area (Å²) in [6.45, 7) is 9.13. The summed E-state index contributed by atoms with van der Waals surface area (Å²) in [5.41, 5.74) is 1.09. The lowest BCUT2D eigenvalue weighted by atomic mass is 9.92. The van der Waals surface area contributed by atoms with Crippen molar-refractivity contribution < 1.29 is 0 Å². The molecule has 0 bridgehead atoms. The summed E-state index contributed by atoms with van der Waals surface area (Å²) < 4.78 is 1.89. The average molecular weight is 168 g/mol. The van der Waals surface area contributed by atoms with Crippen molar-refractivity contribution in [3.8, 4) is 0 Å². The minimum atomic E-state index is -0.0122. The smallest absolute Gasteiger partial charge is 0.264 e. The summed E-state index contributed by atoms with van der Waals surface area (Å²) >= 11 is 0. The molecule has 1 N–H and O–H groups in total. The van der Waals surface area contributed by atoms with Crippen LogP contribution in [0.4, 0.5) is 0 Å². The van der Waals surface area contributed by atoms with Crippen LogP contribution in [0.5, 0.6) is 0 Å². The molecule has 0 aliphatic carbocycles. The second-order valence-electron chi connectivity index (χ2n) is 4.00. The third-order valence-corrected chi connectivity index (χ3v) is 1.89.